The molecule has 0 radical (unpaired) electrons. The highest BCUT2D eigenvalue weighted by Crippen LogP contribution is 2.20. The molecule has 1 aromatic carbocycles. The predicted octanol–water partition coefficient (Wildman–Crippen LogP) is 3.18. The zero-order valence-electron chi connectivity index (χ0n) is 18.7. The van der Waals surface area contributed by atoms with E-state index in [4.69, 9.17) is 4.74 Å². The summed E-state index contributed by atoms with van der Waals surface area (Å²) in [5, 5.41) is 17.3. The van der Waals surface area contributed by atoms with E-state index in [-0.39, 0.29) is 6.10 Å². The van der Waals surface area contributed by atoms with Gasteiger partial charge in [0.05, 0.1) is 18.8 Å². The van der Waals surface area contributed by atoms with Gasteiger partial charge in [0, 0.05) is 13.1 Å². The molecule has 164 valence electrons. The highest BCUT2D eigenvalue weighted by Gasteiger charge is 2.18. The minimum absolute atomic E-state index is 0.110. The molecule has 6 heteroatoms. The summed E-state index contributed by atoms with van der Waals surface area (Å²) in [6, 6.07) is 7.63. The van der Waals surface area contributed by atoms with Crippen LogP contribution in [-0.2, 0) is 0 Å². The lowest BCUT2D eigenvalue weighted by Gasteiger charge is -2.32. The van der Waals surface area contributed by atoms with E-state index in [1.165, 1.54) is 38.9 Å². The molecule has 0 amide bonds. The van der Waals surface area contributed by atoms with Crippen molar-refractivity contribution in [3.05, 3.63) is 29.8 Å². The summed E-state index contributed by atoms with van der Waals surface area (Å²) in [6.45, 7) is 13.9. The fourth-order valence-electron chi connectivity index (χ4n) is 3.66. The number of benzene rings is 1. The molecule has 0 spiro atoms. The van der Waals surface area contributed by atoms with Gasteiger partial charge in [0.15, 0.2) is 5.96 Å². The second-order valence-electron chi connectivity index (χ2n) is 8.14. The Morgan fingerprint density at radius 3 is 2.66 bits per heavy atom. The largest absolute Gasteiger partial charge is 0.491 e. The summed E-state index contributed by atoms with van der Waals surface area (Å²) in [5.74, 6) is 2.24. The van der Waals surface area contributed by atoms with Gasteiger partial charge in [-0.2, -0.15) is 0 Å². The molecule has 0 aromatic heterocycles. The quantitative estimate of drug-likeness (QED) is 0.413. The van der Waals surface area contributed by atoms with E-state index in [1.54, 1.807) is 0 Å². The van der Waals surface area contributed by atoms with E-state index in [0.29, 0.717) is 12.5 Å². The van der Waals surface area contributed by atoms with Crippen LogP contribution in [0.4, 0.5) is 0 Å². The van der Waals surface area contributed by atoms with Crippen molar-refractivity contribution in [1.29, 1.82) is 0 Å². The maximum atomic E-state index is 10.6. The number of aliphatic hydroxyl groups is 1. The van der Waals surface area contributed by atoms with Gasteiger partial charge in [-0.1, -0.05) is 19.1 Å². The predicted molar refractivity (Wildman–Crippen MR) is 121 cm³/mol. The summed E-state index contributed by atoms with van der Waals surface area (Å²) in [6.07, 6.45) is 3.15. The molecule has 29 heavy (non-hydrogen) atoms. The molecule has 2 rings (SSSR count). The third-order valence-corrected chi connectivity index (χ3v) is 5.19. The monoisotopic (exact) mass is 404 g/mol. The third kappa shape index (κ3) is 8.62. The number of rotatable bonds is 10. The van der Waals surface area contributed by atoms with E-state index >= 15 is 0 Å². The standard InChI is InChI=1S/C23H40N4O2/c1-5-12-27-13-10-19(11-14-27)16-25-23(24-6-2)26-17-22(28)20-8-7-9-21(15-20)29-18(3)4/h7-9,15,18-19,22,28H,5-6,10-14,16-17H2,1-4H3,(H2,24,25,26). The highest BCUT2D eigenvalue weighted by molar-refractivity contribution is 5.79. The van der Waals surface area contributed by atoms with Crippen LogP contribution in [0.25, 0.3) is 0 Å². The van der Waals surface area contributed by atoms with Crippen LogP contribution in [0, 0.1) is 5.92 Å². The van der Waals surface area contributed by atoms with Crippen LogP contribution in [0.1, 0.15) is 58.6 Å². The first-order valence-electron chi connectivity index (χ1n) is 11.2. The fourth-order valence-corrected chi connectivity index (χ4v) is 3.66. The van der Waals surface area contributed by atoms with Crippen molar-refractivity contribution in [1.82, 2.24) is 15.5 Å². The first-order valence-corrected chi connectivity index (χ1v) is 11.2. The van der Waals surface area contributed by atoms with Crippen LogP contribution in [0.5, 0.6) is 5.75 Å². The number of nitrogens with one attached hydrogen (secondary N) is 2. The van der Waals surface area contributed by atoms with Crippen molar-refractivity contribution < 1.29 is 9.84 Å². The number of hydrogen-bond donors (Lipinski definition) is 3. The van der Waals surface area contributed by atoms with E-state index in [2.05, 4.69) is 34.4 Å². The SMILES string of the molecule is CCCN1CCC(CNC(=NCC(O)c2cccc(OC(C)C)c2)NCC)CC1. The molecule has 0 aliphatic carbocycles. The molecule has 1 aliphatic heterocycles. The van der Waals surface area contributed by atoms with E-state index in [1.807, 2.05) is 38.1 Å². The Morgan fingerprint density at radius 2 is 2.00 bits per heavy atom. The molecule has 1 aromatic rings. The normalized spacial score (nSPS) is 17.4. The molecule has 0 bridgehead atoms. The molecular formula is C23H40N4O2. The summed E-state index contributed by atoms with van der Waals surface area (Å²) in [4.78, 5) is 7.16. The fraction of sp³-hybridized carbons (Fsp3) is 0.696. The molecule has 1 unspecified atom stereocenters. The number of hydrogen-bond acceptors (Lipinski definition) is 4. The Bertz CT molecular complexity index is 613. The van der Waals surface area contributed by atoms with E-state index in [0.717, 1.165) is 30.4 Å². The van der Waals surface area contributed by atoms with Gasteiger partial charge in [0.2, 0.25) is 0 Å². The average molecular weight is 405 g/mol. The zero-order chi connectivity index (χ0) is 21.1. The van der Waals surface area contributed by atoms with Gasteiger partial charge in [0.1, 0.15) is 5.75 Å². The molecule has 1 aliphatic rings. The topological polar surface area (TPSA) is 69.1 Å². The van der Waals surface area contributed by atoms with Gasteiger partial charge in [-0.3, -0.25) is 4.99 Å². The number of nitrogens with zero attached hydrogens (tertiary/aromatic N) is 2. The Kier molecular flexibility index (Phi) is 10.3. The maximum Gasteiger partial charge on any atom is 0.191 e. The third-order valence-electron chi connectivity index (χ3n) is 5.19. The molecule has 3 N–H and O–H groups in total. The number of piperidine rings is 1. The van der Waals surface area contributed by atoms with Crippen molar-refractivity contribution in [3.63, 3.8) is 0 Å². The van der Waals surface area contributed by atoms with Crippen molar-refractivity contribution in [2.45, 2.75) is 59.2 Å². The first kappa shape index (κ1) is 23.5. The highest BCUT2D eigenvalue weighted by atomic mass is 16.5. The Morgan fingerprint density at radius 1 is 1.24 bits per heavy atom. The lowest BCUT2D eigenvalue weighted by molar-refractivity contribution is 0.183. The summed E-state index contributed by atoms with van der Waals surface area (Å²) < 4.78 is 5.72. The van der Waals surface area contributed by atoms with Crippen molar-refractivity contribution in [3.8, 4) is 5.75 Å². The van der Waals surface area contributed by atoms with Crippen molar-refractivity contribution in [2.24, 2.45) is 10.9 Å². The maximum absolute atomic E-state index is 10.6. The molecular weight excluding hydrogens is 364 g/mol. The second-order valence-corrected chi connectivity index (χ2v) is 8.14. The van der Waals surface area contributed by atoms with Crippen molar-refractivity contribution in [2.75, 3.05) is 39.3 Å². The smallest absolute Gasteiger partial charge is 0.191 e. The van der Waals surface area contributed by atoms with Crippen molar-refractivity contribution >= 4 is 5.96 Å². The molecule has 1 atom stereocenters. The van der Waals surface area contributed by atoms with Crippen LogP contribution >= 0.6 is 0 Å². The second kappa shape index (κ2) is 12.7. The van der Waals surface area contributed by atoms with Gasteiger partial charge < -0.3 is 25.4 Å². The van der Waals surface area contributed by atoms with Gasteiger partial charge in [0.25, 0.3) is 0 Å². The minimum Gasteiger partial charge on any atom is -0.491 e. The molecule has 1 fully saturated rings. The van der Waals surface area contributed by atoms with Crippen LogP contribution in [0.3, 0.4) is 0 Å². The number of guanidine groups is 1. The number of ether oxygens (including phenoxy) is 1. The van der Waals surface area contributed by atoms with Crippen LogP contribution in [-0.4, -0.2) is 61.3 Å². The first-order chi connectivity index (χ1) is 14.0. The van der Waals surface area contributed by atoms with E-state index in [9.17, 15) is 5.11 Å². The van der Waals surface area contributed by atoms with Gasteiger partial charge >= 0.3 is 0 Å². The van der Waals surface area contributed by atoms with E-state index < -0.39 is 6.10 Å². The Labute approximate surface area is 176 Å². The van der Waals surface area contributed by atoms with Crippen LogP contribution < -0.4 is 15.4 Å². The Hall–Kier alpha value is -1.79. The van der Waals surface area contributed by atoms with Crippen LogP contribution in [0.15, 0.2) is 29.3 Å². The van der Waals surface area contributed by atoms with Gasteiger partial charge in [-0.25, -0.2) is 0 Å². The summed E-state index contributed by atoms with van der Waals surface area (Å²) >= 11 is 0. The lowest BCUT2D eigenvalue weighted by Crippen LogP contribution is -2.43. The molecule has 1 saturated heterocycles. The number of likely N-dealkylation sites (tertiary alicyclic amines) is 1. The number of aliphatic imine (C=N–C) groups is 1. The molecule has 1 heterocycles. The minimum atomic E-state index is -0.654. The summed E-state index contributed by atoms with van der Waals surface area (Å²) in [7, 11) is 0. The zero-order valence-corrected chi connectivity index (χ0v) is 18.7. The van der Waals surface area contributed by atoms with Crippen LogP contribution in [0.2, 0.25) is 0 Å². The lowest BCUT2D eigenvalue weighted by atomic mass is 9.97. The Balaban J connectivity index is 1.85. The van der Waals surface area contributed by atoms with Gasteiger partial charge in [-0.15, -0.1) is 0 Å². The van der Waals surface area contributed by atoms with Gasteiger partial charge in [-0.05, 0) is 83.3 Å². The summed E-state index contributed by atoms with van der Waals surface area (Å²) in [5.41, 5.74) is 0.825. The molecule has 6 nitrogen and oxygen atoms in total. The number of aliphatic hydroxyl groups excluding tert-OH is 1. The molecule has 0 saturated carbocycles. The average Bonchev–Trinajstić information content (AvgIpc) is 2.71.